The Morgan fingerprint density at radius 2 is 1.30 bits per heavy atom. The van der Waals surface area contributed by atoms with Gasteiger partial charge >= 0.3 is 0 Å². The van der Waals surface area contributed by atoms with Crippen LogP contribution in [0.5, 0.6) is 5.88 Å². The first-order chi connectivity index (χ1) is 22.2. The molecule has 3 fully saturated rings. The fourth-order valence-corrected chi connectivity index (χ4v) is 9.13. The van der Waals surface area contributed by atoms with Gasteiger partial charge in [0.2, 0.25) is 25.9 Å². The van der Waals surface area contributed by atoms with E-state index in [1.54, 1.807) is 59.2 Å². The summed E-state index contributed by atoms with van der Waals surface area (Å²) in [5.41, 5.74) is 0. The number of rotatable bonds is 4. The van der Waals surface area contributed by atoms with Crippen LogP contribution in [0.2, 0.25) is 0 Å². The average molecular weight is 671 g/mol. The molecule has 3 aliphatic heterocycles. The maximum absolute atomic E-state index is 12.9. The Kier molecular flexibility index (Phi) is 11.5. The van der Waals surface area contributed by atoms with Gasteiger partial charge < -0.3 is 26.4 Å². The summed E-state index contributed by atoms with van der Waals surface area (Å²) in [6.45, 7) is 10.6. The molecule has 13 nitrogen and oxygen atoms in total. The van der Waals surface area contributed by atoms with Gasteiger partial charge in [0, 0.05) is 118 Å². The van der Waals surface area contributed by atoms with Crippen LogP contribution in [-0.2, 0) is 20.0 Å². The van der Waals surface area contributed by atoms with Crippen molar-refractivity contribution < 1.29 is 21.9 Å². The number of hydrogen-bond acceptors (Lipinski definition) is 11. The molecule has 1 atom stereocenters. The van der Waals surface area contributed by atoms with Crippen molar-refractivity contribution in [2.45, 2.75) is 22.8 Å². The molecular weight excluding hydrogens is 629 g/mol. The van der Waals surface area contributed by atoms with Crippen LogP contribution in [0.3, 0.4) is 0 Å². The number of nitrogens with one attached hydrogen (secondary N) is 4. The minimum absolute atomic E-state index is 0.0363. The maximum atomic E-state index is 12.9. The van der Waals surface area contributed by atoms with Crippen LogP contribution < -0.4 is 21.3 Å². The number of aromatic nitrogens is 2. The Bertz CT molecular complexity index is 1810. The van der Waals surface area contributed by atoms with Crippen LogP contribution >= 0.6 is 0 Å². The lowest BCUT2D eigenvalue weighted by atomic mass is 10.2. The second-order valence-electron chi connectivity index (χ2n) is 11.2. The standard InChI is InChI=1S/C14H17N3O2S.C13H15N3O3S.C4H10N2/c1-11-9-16-7-8-17(11)20(18,19)14-4-2-3-12-10-15-6-5-13(12)14;17-13-11-2-1-3-12(10(11)4-5-15-13)20(18,19)16-8-6-14-7-9-16;1-2-6-4-3-5-1/h2-6,10-11,16H,7-9H2,1H3;1-5,14H,6-9H2,(H,15,17);5-6H,1-4H2. The summed E-state index contributed by atoms with van der Waals surface area (Å²) >= 11 is 0. The number of piperazine rings is 3. The van der Waals surface area contributed by atoms with Crippen molar-refractivity contribution in [2.24, 2.45) is 0 Å². The Balaban J connectivity index is 0.000000154. The van der Waals surface area contributed by atoms with Crippen molar-refractivity contribution in [1.29, 1.82) is 0 Å². The summed E-state index contributed by atoms with van der Waals surface area (Å²) in [5.74, 6) is -0.153. The molecule has 7 rings (SSSR count). The van der Waals surface area contributed by atoms with Gasteiger partial charge in [-0.2, -0.15) is 8.61 Å². The minimum atomic E-state index is -3.55. The molecule has 0 radical (unpaired) electrons. The maximum Gasteiger partial charge on any atom is 0.244 e. The summed E-state index contributed by atoms with van der Waals surface area (Å²) in [4.78, 5) is 8.41. The van der Waals surface area contributed by atoms with Gasteiger partial charge in [0.05, 0.1) is 9.79 Å². The van der Waals surface area contributed by atoms with Crippen molar-refractivity contribution >= 4 is 41.6 Å². The van der Waals surface area contributed by atoms with Gasteiger partial charge in [0.25, 0.3) is 0 Å². The predicted molar refractivity (Wildman–Crippen MR) is 179 cm³/mol. The quantitative estimate of drug-likeness (QED) is 0.210. The van der Waals surface area contributed by atoms with E-state index in [4.69, 9.17) is 0 Å². The number of hydrogen-bond donors (Lipinski definition) is 5. The normalized spacial score (nSPS) is 19.9. The highest BCUT2D eigenvalue weighted by Gasteiger charge is 2.32. The highest BCUT2D eigenvalue weighted by Crippen LogP contribution is 2.30. The second-order valence-corrected chi connectivity index (χ2v) is 14.9. The number of sulfonamides is 2. The first-order valence-corrected chi connectivity index (χ1v) is 18.3. The third-order valence-electron chi connectivity index (χ3n) is 8.06. The molecular formula is C31H42N8O5S2. The van der Waals surface area contributed by atoms with Crippen LogP contribution in [0.1, 0.15) is 6.92 Å². The van der Waals surface area contributed by atoms with Gasteiger partial charge in [0.1, 0.15) is 0 Å². The molecule has 3 saturated heterocycles. The fraction of sp³-hybridized carbons (Fsp3) is 0.419. The second kappa shape index (κ2) is 15.5. The van der Waals surface area contributed by atoms with Gasteiger partial charge in [-0.15, -0.1) is 0 Å². The zero-order chi connectivity index (χ0) is 32.6. The molecule has 3 aliphatic rings. The Labute approximate surface area is 270 Å². The van der Waals surface area contributed by atoms with E-state index in [9.17, 15) is 21.9 Å². The van der Waals surface area contributed by atoms with Gasteiger partial charge in [-0.3, -0.25) is 4.98 Å². The van der Waals surface area contributed by atoms with Gasteiger partial charge in [-0.05, 0) is 37.3 Å². The van der Waals surface area contributed by atoms with Gasteiger partial charge in [0.15, 0.2) is 0 Å². The number of nitrogens with zero attached hydrogens (tertiary/aromatic N) is 4. The first-order valence-electron chi connectivity index (χ1n) is 15.5. The molecule has 0 spiro atoms. The van der Waals surface area contributed by atoms with Crippen LogP contribution in [0, 0.1) is 0 Å². The molecule has 5 heterocycles. The molecule has 5 N–H and O–H groups in total. The molecule has 2 aromatic carbocycles. The molecule has 0 amide bonds. The minimum Gasteiger partial charge on any atom is -0.493 e. The highest BCUT2D eigenvalue weighted by molar-refractivity contribution is 7.89. The van der Waals surface area contributed by atoms with E-state index in [-0.39, 0.29) is 16.8 Å². The van der Waals surface area contributed by atoms with E-state index in [0.717, 1.165) is 37.0 Å². The molecule has 4 aromatic rings. The molecule has 2 aromatic heterocycles. The number of benzene rings is 2. The van der Waals surface area contributed by atoms with E-state index < -0.39 is 20.0 Å². The first kappa shape index (κ1) is 34.1. The summed E-state index contributed by atoms with van der Waals surface area (Å²) < 4.78 is 54.2. The van der Waals surface area contributed by atoms with Crippen molar-refractivity contribution in [3.63, 3.8) is 0 Å². The van der Waals surface area contributed by atoms with Crippen molar-refractivity contribution in [3.05, 3.63) is 67.1 Å². The van der Waals surface area contributed by atoms with Crippen LogP contribution in [0.25, 0.3) is 21.5 Å². The number of pyridine rings is 2. The third-order valence-corrected chi connectivity index (χ3v) is 12.1. The molecule has 0 saturated carbocycles. The fourth-order valence-electron chi connectivity index (χ4n) is 5.64. The zero-order valence-electron chi connectivity index (χ0n) is 25.9. The van der Waals surface area contributed by atoms with Crippen LogP contribution in [0.4, 0.5) is 0 Å². The Morgan fingerprint density at radius 1 is 0.696 bits per heavy atom. The molecule has 46 heavy (non-hydrogen) atoms. The molecule has 15 heteroatoms. The van der Waals surface area contributed by atoms with E-state index in [1.807, 2.05) is 13.0 Å². The number of aromatic hydroxyl groups is 1. The topological polar surface area (TPSA) is 169 Å². The van der Waals surface area contributed by atoms with Gasteiger partial charge in [-0.25, -0.2) is 21.8 Å². The monoisotopic (exact) mass is 670 g/mol. The summed E-state index contributed by atoms with van der Waals surface area (Å²) in [7, 11) is -7.02. The van der Waals surface area contributed by atoms with Crippen LogP contribution in [0.15, 0.2) is 76.9 Å². The lowest BCUT2D eigenvalue weighted by molar-refractivity contribution is 0.284. The van der Waals surface area contributed by atoms with Crippen molar-refractivity contribution in [2.75, 3.05) is 72.0 Å². The number of fused-ring (bicyclic) bond motifs is 2. The molecule has 248 valence electrons. The molecule has 0 aliphatic carbocycles. The van der Waals surface area contributed by atoms with E-state index in [1.165, 1.54) is 10.5 Å². The van der Waals surface area contributed by atoms with Crippen molar-refractivity contribution in [3.8, 4) is 5.88 Å². The van der Waals surface area contributed by atoms with E-state index in [0.29, 0.717) is 61.5 Å². The van der Waals surface area contributed by atoms with Gasteiger partial charge in [-0.1, -0.05) is 18.2 Å². The van der Waals surface area contributed by atoms with Crippen molar-refractivity contribution in [1.82, 2.24) is 39.8 Å². The van der Waals surface area contributed by atoms with E-state index >= 15 is 0 Å². The van der Waals surface area contributed by atoms with E-state index in [2.05, 4.69) is 31.2 Å². The van der Waals surface area contributed by atoms with Crippen LogP contribution in [-0.4, -0.2) is 119 Å². The predicted octanol–water partition coefficient (Wildman–Crippen LogP) is 0.931. The Morgan fingerprint density at radius 3 is 1.98 bits per heavy atom. The molecule has 0 bridgehead atoms. The SMILES string of the molecule is C1CNCCN1.CC1CNCCN1S(=O)(=O)c1cccc2cnccc12.O=S(=O)(c1cccc2c(O)nccc12)N1CCNCC1. The summed E-state index contributed by atoms with van der Waals surface area (Å²) in [5, 5.41) is 25.0. The largest absolute Gasteiger partial charge is 0.493 e. The Hall–Kier alpha value is -3.28. The summed E-state index contributed by atoms with van der Waals surface area (Å²) in [6.07, 6.45) is 4.73. The highest BCUT2D eigenvalue weighted by atomic mass is 32.2. The lowest BCUT2D eigenvalue weighted by Crippen LogP contribution is -2.52. The zero-order valence-corrected chi connectivity index (χ0v) is 27.5. The average Bonchev–Trinajstić information content (AvgIpc) is 3.10. The smallest absolute Gasteiger partial charge is 0.244 e. The third kappa shape index (κ3) is 7.81. The summed E-state index contributed by atoms with van der Waals surface area (Å²) in [6, 6.07) is 13.5. The lowest BCUT2D eigenvalue weighted by Gasteiger charge is -2.33. The molecule has 1 unspecified atom stereocenters.